The van der Waals surface area contributed by atoms with Crippen LogP contribution in [0, 0.1) is 0 Å². The van der Waals surface area contributed by atoms with Crippen molar-refractivity contribution in [2.24, 2.45) is 0 Å². The molecule has 0 atom stereocenters. The Bertz CT molecular complexity index is 934. The van der Waals surface area contributed by atoms with Crippen LogP contribution in [0.25, 0.3) is 16.9 Å². The zero-order chi connectivity index (χ0) is 16.9. The highest BCUT2D eigenvalue weighted by molar-refractivity contribution is 5.62. The van der Waals surface area contributed by atoms with Crippen LogP contribution in [0.2, 0.25) is 0 Å². The highest BCUT2D eigenvalue weighted by Crippen LogP contribution is 2.22. The van der Waals surface area contributed by atoms with E-state index in [1.54, 1.807) is 17.2 Å². The standard InChI is InChI=1S/C20H17N5/c1-3-8-16(9-4-1)20-19(15-22-17-10-5-2-6-11-17)23-25(24-20)18-12-7-13-21-14-18/h1-14,22H,15H2. The molecule has 5 nitrogen and oxygen atoms in total. The lowest BCUT2D eigenvalue weighted by atomic mass is 10.1. The summed E-state index contributed by atoms with van der Waals surface area (Å²) in [5, 5.41) is 12.8. The minimum Gasteiger partial charge on any atom is -0.379 e. The first kappa shape index (κ1) is 15.1. The SMILES string of the molecule is c1ccc(NCc2nn(-c3cccnc3)nc2-c2ccccc2)cc1. The summed E-state index contributed by atoms with van der Waals surface area (Å²) in [4.78, 5) is 5.79. The van der Waals surface area contributed by atoms with Crippen LogP contribution in [0.4, 0.5) is 5.69 Å². The van der Waals surface area contributed by atoms with Crippen LogP contribution in [0.3, 0.4) is 0 Å². The Kier molecular flexibility index (Phi) is 4.20. The number of para-hydroxylation sites is 1. The van der Waals surface area contributed by atoms with Crippen LogP contribution >= 0.6 is 0 Å². The summed E-state index contributed by atoms with van der Waals surface area (Å²) in [6, 6.07) is 24.0. The van der Waals surface area contributed by atoms with Gasteiger partial charge in [-0.05, 0) is 24.3 Å². The first-order valence-electron chi connectivity index (χ1n) is 8.11. The van der Waals surface area contributed by atoms with Crippen LogP contribution in [-0.2, 0) is 6.54 Å². The van der Waals surface area contributed by atoms with E-state index < -0.39 is 0 Å². The summed E-state index contributed by atoms with van der Waals surface area (Å²) in [5.41, 5.74) is 4.69. The molecule has 25 heavy (non-hydrogen) atoms. The molecule has 0 saturated heterocycles. The van der Waals surface area contributed by atoms with Gasteiger partial charge in [-0.25, -0.2) is 0 Å². The van der Waals surface area contributed by atoms with E-state index in [0.29, 0.717) is 6.54 Å². The predicted molar refractivity (Wildman–Crippen MR) is 98.4 cm³/mol. The zero-order valence-electron chi connectivity index (χ0n) is 13.6. The second-order valence-electron chi connectivity index (χ2n) is 5.58. The van der Waals surface area contributed by atoms with Gasteiger partial charge in [-0.2, -0.15) is 5.10 Å². The third-order valence-electron chi connectivity index (χ3n) is 3.84. The van der Waals surface area contributed by atoms with Crippen molar-refractivity contribution >= 4 is 5.69 Å². The first-order chi connectivity index (χ1) is 12.4. The maximum absolute atomic E-state index is 4.69. The van der Waals surface area contributed by atoms with E-state index in [0.717, 1.165) is 28.3 Å². The molecule has 0 bridgehead atoms. The molecule has 0 aliphatic carbocycles. The topological polar surface area (TPSA) is 55.6 Å². The van der Waals surface area contributed by atoms with E-state index in [4.69, 9.17) is 0 Å². The lowest BCUT2D eigenvalue weighted by Gasteiger charge is -2.05. The van der Waals surface area contributed by atoms with Crippen molar-refractivity contribution in [2.75, 3.05) is 5.32 Å². The third kappa shape index (κ3) is 3.40. The number of hydrogen-bond donors (Lipinski definition) is 1. The van der Waals surface area contributed by atoms with Crippen molar-refractivity contribution in [1.29, 1.82) is 0 Å². The number of aromatic nitrogens is 4. The normalized spacial score (nSPS) is 10.6. The summed E-state index contributed by atoms with van der Waals surface area (Å²) in [6.07, 6.45) is 3.49. The van der Waals surface area contributed by atoms with Gasteiger partial charge in [0, 0.05) is 17.4 Å². The van der Waals surface area contributed by atoms with Gasteiger partial charge in [0.25, 0.3) is 0 Å². The molecule has 4 rings (SSSR count). The van der Waals surface area contributed by atoms with Crippen LogP contribution in [0.15, 0.2) is 85.2 Å². The largest absolute Gasteiger partial charge is 0.379 e. The molecular formula is C20H17N5. The smallest absolute Gasteiger partial charge is 0.118 e. The van der Waals surface area contributed by atoms with Crippen LogP contribution < -0.4 is 5.32 Å². The van der Waals surface area contributed by atoms with E-state index in [1.807, 2.05) is 72.8 Å². The molecule has 5 heteroatoms. The summed E-state index contributed by atoms with van der Waals surface area (Å²) in [6.45, 7) is 0.592. The third-order valence-corrected chi connectivity index (χ3v) is 3.84. The molecule has 0 radical (unpaired) electrons. The maximum Gasteiger partial charge on any atom is 0.118 e. The van der Waals surface area contributed by atoms with Crippen molar-refractivity contribution in [3.8, 4) is 16.9 Å². The number of rotatable bonds is 5. The van der Waals surface area contributed by atoms with Gasteiger partial charge in [0.1, 0.15) is 17.1 Å². The number of hydrogen-bond acceptors (Lipinski definition) is 4. The van der Waals surface area contributed by atoms with Crippen molar-refractivity contribution in [2.45, 2.75) is 6.54 Å². The molecule has 2 heterocycles. The molecule has 1 N–H and O–H groups in total. The first-order valence-corrected chi connectivity index (χ1v) is 8.11. The maximum atomic E-state index is 4.69. The fourth-order valence-electron chi connectivity index (χ4n) is 2.61. The Hall–Kier alpha value is -3.47. The number of pyridine rings is 1. The van der Waals surface area contributed by atoms with Crippen molar-refractivity contribution in [3.05, 3.63) is 90.9 Å². The summed E-state index contributed by atoms with van der Waals surface area (Å²) < 4.78 is 0. The second kappa shape index (κ2) is 6.97. The van der Waals surface area contributed by atoms with Gasteiger partial charge in [-0.3, -0.25) is 4.98 Å². The van der Waals surface area contributed by atoms with E-state index in [1.165, 1.54) is 0 Å². The average Bonchev–Trinajstić information content (AvgIpc) is 3.13. The zero-order valence-corrected chi connectivity index (χ0v) is 13.6. The van der Waals surface area contributed by atoms with E-state index in [-0.39, 0.29) is 0 Å². The summed E-state index contributed by atoms with van der Waals surface area (Å²) in [7, 11) is 0. The molecule has 122 valence electrons. The van der Waals surface area contributed by atoms with Gasteiger partial charge < -0.3 is 5.32 Å². The van der Waals surface area contributed by atoms with E-state index in [2.05, 4.69) is 20.5 Å². The van der Waals surface area contributed by atoms with E-state index >= 15 is 0 Å². The molecular weight excluding hydrogens is 310 g/mol. The molecule has 0 saturated carbocycles. The minimum atomic E-state index is 0.592. The number of anilines is 1. The Morgan fingerprint density at radius 1 is 0.800 bits per heavy atom. The molecule has 0 unspecified atom stereocenters. The van der Waals surface area contributed by atoms with Gasteiger partial charge in [0.15, 0.2) is 0 Å². The highest BCUT2D eigenvalue weighted by atomic mass is 15.5. The van der Waals surface area contributed by atoms with Gasteiger partial charge in [-0.15, -0.1) is 9.90 Å². The lowest BCUT2D eigenvalue weighted by molar-refractivity contribution is 0.738. The summed E-state index contributed by atoms with van der Waals surface area (Å²) in [5.74, 6) is 0. The number of benzene rings is 2. The summed E-state index contributed by atoms with van der Waals surface area (Å²) >= 11 is 0. The van der Waals surface area contributed by atoms with E-state index in [9.17, 15) is 0 Å². The fraction of sp³-hybridized carbons (Fsp3) is 0.0500. The van der Waals surface area contributed by atoms with Gasteiger partial charge in [0.2, 0.25) is 0 Å². The monoisotopic (exact) mass is 327 g/mol. The second-order valence-corrected chi connectivity index (χ2v) is 5.58. The van der Waals surface area contributed by atoms with Crippen molar-refractivity contribution in [3.63, 3.8) is 0 Å². The Labute approximate surface area is 146 Å². The molecule has 2 aromatic heterocycles. The Morgan fingerprint density at radius 3 is 2.28 bits per heavy atom. The lowest BCUT2D eigenvalue weighted by Crippen LogP contribution is -2.03. The van der Waals surface area contributed by atoms with Gasteiger partial charge in [-0.1, -0.05) is 48.5 Å². The van der Waals surface area contributed by atoms with Gasteiger partial charge in [0.05, 0.1) is 12.7 Å². The Balaban J connectivity index is 1.69. The molecule has 0 spiro atoms. The predicted octanol–water partition coefficient (Wildman–Crippen LogP) is 3.94. The fourth-order valence-corrected chi connectivity index (χ4v) is 2.61. The molecule has 0 aliphatic rings. The number of nitrogens with one attached hydrogen (secondary N) is 1. The average molecular weight is 327 g/mol. The molecule has 4 aromatic rings. The van der Waals surface area contributed by atoms with Crippen LogP contribution in [0.1, 0.15) is 5.69 Å². The van der Waals surface area contributed by atoms with Crippen molar-refractivity contribution in [1.82, 2.24) is 20.0 Å². The molecule has 2 aromatic carbocycles. The molecule has 0 aliphatic heterocycles. The van der Waals surface area contributed by atoms with Crippen LogP contribution in [-0.4, -0.2) is 20.0 Å². The highest BCUT2D eigenvalue weighted by Gasteiger charge is 2.14. The van der Waals surface area contributed by atoms with Crippen molar-refractivity contribution < 1.29 is 0 Å². The Morgan fingerprint density at radius 2 is 1.56 bits per heavy atom. The minimum absolute atomic E-state index is 0.592. The quantitative estimate of drug-likeness (QED) is 0.603. The molecule has 0 amide bonds. The number of nitrogens with zero attached hydrogens (tertiary/aromatic N) is 4. The van der Waals surface area contributed by atoms with Gasteiger partial charge >= 0.3 is 0 Å². The van der Waals surface area contributed by atoms with Crippen LogP contribution in [0.5, 0.6) is 0 Å². The molecule has 0 fully saturated rings.